The lowest BCUT2D eigenvalue weighted by Crippen LogP contribution is -2.11. The normalized spacial score (nSPS) is 12.0. The fourth-order valence-electron chi connectivity index (χ4n) is 2.26. The number of hydrogen-bond donors (Lipinski definition) is 0. The van der Waals surface area contributed by atoms with E-state index in [9.17, 15) is 8.42 Å². The first-order chi connectivity index (χ1) is 10.4. The molecule has 0 fully saturated rings. The summed E-state index contributed by atoms with van der Waals surface area (Å²) in [6, 6.07) is 11.6. The average Bonchev–Trinajstić information content (AvgIpc) is 2.86. The summed E-state index contributed by atoms with van der Waals surface area (Å²) in [5.74, 6) is 0.208. The molecule has 0 saturated heterocycles. The second-order valence-electron chi connectivity index (χ2n) is 4.70. The summed E-state index contributed by atoms with van der Waals surface area (Å²) < 4.78 is 27.8. The monoisotopic (exact) mass is 417 g/mol. The van der Waals surface area contributed by atoms with Crippen LogP contribution in [0.2, 0.25) is 5.02 Å². The molecule has 114 valence electrons. The first-order valence-corrected chi connectivity index (χ1v) is 9.44. The van der Waals surface area contributed by atoms with Crippen LogP contribution in [0.15, 0.2) is 58.0 Å². The standard InChI is InChI=1S/C15H10BrCl2NO2S/c16-11-1-4-13(5-2-11)22(20,21)19-9-10(8-17)14-7-12(18)3-6-15(14)19/h1-7,9H,8H2. The van der Waals surface area contributed by atoms with Crippen LogP contribution in [-0.4, -0.2) is 12.4 Å². The third kappa shape index (κ3) is 2.67. The van der Waals surface area contributed by atoms with Crippen molar-refractivity contribution in [2.45, 2.75) is 10.8 Å². The molecule has 1 aromatic heterocycles. The molecule has 0 bridgehead atoms. The zero-order chi connectivity index (χ0) is 15.9. The summed E-state index contributed by atoms with van der Waals surface area (Å²) in [6.45, 7) is 0. The summed E-state index contributed by atoms with van der Waals surface area (Å²) in [6.07, 6.45) is 1.55. The minimum absolute atomic E-state index is 0.208. The molecular weight excluding hydrogens is 409 g/mol. The van der Waals surface area contributed by atoms with Gasteiger partial charge in [-0.2, -0.15) is 0 Å². The van der Waals surface area contributed by atoms with Gasteiger partial charge >= 0.3 is 0 Å². The van der Waals surface area contributed by atoms with Crippen LogP contribution in [0.3, 0.4) is 0 Å². The van der Waals surface area contributed by atoms with E-state index in [0.29, 0.717) is 10.5 Å². The van der Waals surface area contributed by atoms with Crippen LogP contribution < -0.4 is 0 Å². The predicted octanol–water partition coefficient (Wildman–Crippen LogP) is 5.03. The molecular formula is C15H10BrCl2NO2S. The molecule has 0 aliphatic rings. The summed E-state index contributed by atoms with van der Waals surface area (Å²) in [7, 11) is -3.69. The van der Waals surface area contributed by atoms with Crippen LogP contribution in [-0.2, 0) is 15.9 Å². The molecule has 0 radical (unpaired) electrons. The van der Waals surface area contributed by atoms with Crippen molar-refractivity contribution >= 4 is 60.1 Å². The van der Waals surface area contributed by atoms with E-state index in [1.807, 2.05) is 0 Å². The Balaban J connectivity index is 2.27. The van der Waals surface area contributed by atoms with Crippen molar-refractivity contribution in [1.82, 2.24) is 3.97 Å². The molecule has 3 rings (SSSR count). The molecule has 0 N–H and O–H groups in total. The second-order valence-corrected chi connectivity index (χ2v) is 8.14. The van der Waals surface area contributed by atoms with Crippen LogP contribution in [0.25, 0.3) is 10.9 Å². The van der Waals surface area contributed by atoms with Gasteiger partial charge in [0.25, 0.3) is 10.0 Å². The van der Waals surface area contributed by atoms with Crippen molar-refractivity contribution < 1.29 is 8.42 Å². The van der Waals surface area contributed by atoms with E-state index < -0.39 is 10.0 Å². The van der Waals surface area contributed by atoms with E-state index in [2.05, 4.69) is 15.9 Å². The lowest BCUT2D eigenvalue weighted by atomic mass is 10.2. The minimum atomic E-state index is -3.69. The van der Waals surface area contributed by atoms with E-state index in [1.165, 1.54) is 3.97 Å². The van der Waals surface area contributed by atoms with Gasteiger partial charge in [0.15, 0.2) is 0 Å². The summed E-state index contributed by atoms with van der Waals surface area (Å²) in [4.78, 5) is 0.212. The molecule has 0 saturated carbocycles. The summed E-state index contributed by atoms with van der Waals surface area (Å²) >= 11 is 15.2. The predicted molar refractivity (Wildman–Crippen MR) is 93.2 cm³/mol. The molecule has 3 nitrogen and oxygen atoms in total. The van der Waals surface area contributed by atoms with E-state index in [4.69, 9.17) is 23.2 Å². The average molecular weight is 419 g/mol. The number of fused-ring (bicyclic) bond motifs is 1. The van der Waals surface area contributed by atoms with Crippen LogP contribution in [0.5, 0.6) is 0 Å². The lowest BCUT2D eigenvalue weighted by molar-refractivity contribution is 0.589. The Morgan fingerprint density at radius 1 is 1.09 bits per heavy atom. The molecule has 2 aromatic carbocycles. The van der Waals surface area contributed by atoms with Crippen LogP contribution in [0.4, 0.5) is 0 Å². The molecule has 22 heavy (non-hydrogen) atoms. The Bertz CT molecular complexity index is 950. The SMILES string of the molecule is O=S(=O)(c1ccc(Br)cc1)n1cc(CCl)c2cc(Cl)ccc21. The molecule has 3 aromatic rings. The second kappa shape index (κ2) is 5.89. The number of aromatic nitrogens is 1. The van der Waals surface area contributed by atoms with Gasteiger partial charge in [-0.1, -0.05) is 27.5 Å². The highest BCUT2D eigenvalue weighted by Gasteiger charge is 2.21. The zero-order valence-corrected chi connectivity index (χ0v) is 15.0. The van der Waals surface area contributed by atoms with Gasteiger partial charge in [0.1, 0.15) is 0 Å². The van der Waals surface area contributed by atoms with Gasteiger partial charge < -0.3 is 0 Å². The van der Waals surface area contributed by atoms with Gasteiger partial charge in [-0.3, -0.25) is 0 Å². The molecule has 7 heteroatoms. The van der Waals surface area contributed by atoms with Crippen LogP contribution >= 0.6 is 39.1 Å². The van der Waals surface area contributed by atoms with Gasteiger partial charge in [-0.15, -0.1) is 11.6 Å². The molecule has 1 heterocycles. The fraction of sp³-hybridized carbons (Fsp3) is 0.0667. The Hall–Kier alpha value is -1.01. The fourth-order valence-corrected chi connectivity index (χ4v) is 4.30. The van der Waals surface area contributed by atoms with E-state index in [0.717, 1.165) is 15.4 Å². The number of halogens is 3. The van der Waals surface area contributed by atoms with Crippen molar-refractivity contribution in [3.05, 3.63) is 63.7 Å². The first kappa shape index (κ1) is 15.9. The zero-order valence-electron chi connectivity index (χ0n) is 11.1. The number of alkyl halides is 1. The third-order valence-electron chi connectivity index (χ3n) is 3.33. The number of nitrogens with zero attached hydrogens (tertiary/aromatic N) is 1. The Morgan fingerprint density at radius 2 is 1.77 bits per heavy atom. The smallest absolute Gasteiger partial charge is 0.241 e. The molecule has 0 unspecified atom stereocenters. The van der Waals surface area contributed by atoms with Crippen molar-refractivity contribution in [3.63, 3.8) is 0 Å². The molecule has 0 spiro atoms. The highest BCUT2D eigenvalue weighted by molar-refractivity contribution is 9.10. The van der Waals surface area contributed by atoms with Crippen molar-refractivity contribution in [2.75, 3.05) is 0 Å². The first-order valence-electron chi connectivity index (χ1n) is 6.30. The minimum Gasteiger partial charge on any atom is -0.241 e. The van der Waals surface area contributed by atoms with Crippen LogP contribution in [0, 0.1) is 0 Å². The summed E-state index contributed by atoms with van der Waals surface area (Å²) in [5, 5.41) is 1.28. The number of hydrogen-bond acceptors (Lipinski definition) is 2. The molecule has 0 atom stereocenters. The number of rotatable bonds is 3. The lowest BCUT2D eigenvalue weighted by Gasteiger charge is -2.07. The highest BCUT2D eigenvalue weighted by Crippen LogP contribution is 2.29. The van der Waals surface area contributed by atoms with Gasteiger partial charge in [-0.25, -0.2) is 12.4 Å². The Labute approximate surface area is 146 Å². The highest BCUT2D eigenvalue weighted by atomic mass is 79.9. The maximum atomic E-state index is 12.8. The van der Waals surface area contributed by atoms with Crippen LogP contribution in [0.1, 0.15) is 5.56 Å². The van der Waals surface area contributed by atoms with Crippen molar-refractivity contribution in [1.29, 1.82) is 0 Å². The molecule has 0 aliphatic carbocycles. The van der Waals surface area contributed by atoms with Crippen molar-refractivity contribution in [3.8, 4) is 0 Å². The van der Waals surface area contributed by atoms with E-state index in [-0.39, 0.29) is 10.8 Å². The number of benzene rings is 2. The third-order valence-corrected chi connectivity index (χ3v) is 6.07. The maximum Gasteiger partial charge on any atom is 0.268 e. The van der Waals surface area contributed by atoms with Gasteiger partial charge in [0.05, 0.1) is 10.4 Å². The summed E-state index contributed by atoms with van der Waals surface area (Å²) in [5.41, 5.74) is 1.28. The maximum absolute atomic E-state index is 12.8. The van der Waals surface area contributed by atoms with Crippen molar-refractivity contribution in [2.24, 2.45) is 0 Å². The topological polar surface area (TPSA) is 39.1 Å². The molecule has 0 aliphatic heterocycles. The van der Waals surface area contributed by atoms with Gasteiger partial charge in [0.2, 0.25) is 0 Å². The van der Waals surface area contributed by atoms with E-state index in [1.54, 1.807) is 48.7 Å². The largest absolute Gasteiger partial charge is 0.268 e. The van der Waals surface area contributed by atoms with Gasteiger partial charge in [0, 0.05) is 27.0 Å². The Morgan fingerprint density at radius 3 is 2.41 bits per heavy atom. The quantitative estimate of drug-likeness (QED) is 0.559. The molecule has 0 amide bonds. The Kier molecular flexibility index (Phi) is 4.25. The van der Waals surface area contributed by atoms with E-state index >= 15 is 0 Å². The van der Waals surface area contributed by atoms with Gasteiger partial charge in [-0.05, 0) is 48.0 Å².